The van der Waals surface area contributed by atoms with Crippen LogP contribution in [-0.4, -0.2) is 18.9 Å². The minimum Gasteiger partial charge on any atom is -0.497 e. The summed E-state index contributed by atoms with van der Waals surface area (Å²) in [7, 11) is 1.60. The van der Waals surface area contributed by atoms with Crippen LogP contribution < -0.4 is 20.8 Å². The number of carbonyl (C=O) groups excluding carboxylic acids is 1. The molecular weight excluding hydrogens is 412 g/mol. The average molecular weight is 435 g/mol. The lowest BCUT2D eigenvalue weighted by molar-refractivity contribution is 0.252. The van der Waals surface area contributed by atoms with E-state index in [1.807, 2.05) is 37.3 Å². The summed E-state index contributed by atoms with van der Waals surface area (Å²) in [6, 6.07) is 20.6. The van der Waals surface area contributed by atoms with Crippen molar-refractivity contribution in [2.45, 2.75) is 19.4 Å². The van der Waals surface area contributed by atoms with Gasteiger partial charge in [-0.05, 0) is 61.0 Å². The molecule has 0 saturated carbocycles. The molecule has 0 spiro atoms. The SMILES string of the molecule is COc1ccc(NC(=O)NN=C2CC(c3ccc(Cl)cc3)Nc3ccc(C)cc32)cc1. The Hall–Kier alpha value is -3.51. The third kappa shape index (κ3) is 4.98. The van der Waals surface area contributed by atoms with Crippen molar-refractivity contribution in [3.63, 3.8) is 0 Å². The lowest BCUT2D eigenvalue weighted by atomic mass is 9.91. The number of benzene rings is 3. The number of ether oxygens (including phenoxy) is 1. The van der Waals surface area contributed by atoms with Crippen LogP contribution >= 0.6 is 11.6 Å². The summed E-state index contributed by atoms with van der Waals surface area (Å²) in [5.74, 6) is 0.723. The largest absolute Gasteiger partial charge is 0.497 e. The van der Waals surface area contributed by atoms with Crippen LogP contribution in [0.3, 0.4) is 0 Å². The summed E-state index contributed by atoms with van der Waals surface area (Å²) in [5.41, 5.74) is 8.28. The summed E-state index contributed by atoms with van der Waals surface area (Å²) in [6.45, 7) is 2.03. The second-order valence-corrected chi connectivity index (χ2v) is 7.79. The number of methoxy groups -OCH3 is 1. The molecule has 0 bridgehead atoms. The van der Waals surface area contributed by atoms with Crippen LogP contribution in [0.5, 0.6) is 5.75 Å². The highest BCUT2D eigenvalue weighted by atomic mass is 35.5. The Morgan fingerprint density at radius 3 is 2.55 bits per heavy atom. The second-order valence-electron chi connectivity index (χ2n) is 7.35. The molecule has 1 unspecified atom stereocenters. The van der Waals surface area contributed by atoms with Crippen molar-refractivity contribution in [1.29, 1.82) is 0 Å². The Kier molecular flexibility index (Phi) is 6.09. The quantitative estimate of drug-likeness (QED) is 0.458. The first kappa shape index (κ1) is 20.8. The molecule has 0 aliphatic carbocycles. The third-order valence-electron chi connectivity index (χ3n) is 5.13. The number of rotatable bonds is 4. The topological polar surface area (TPSA) is 74.8 Å². The lowest BCUT2D eigenvalue weighted by Crippen LogP contribution is -2.29. The van der Waals surface area contributed by atoms with E-state index in [0.29, 0.717) is 17.1 Å². The van der Waals surface area contributed by atoms with Crippen molar-refractivity contribution in [3.05, 3.63) is 88.4 Å². The van der Waals surface area contributed by atoms with E-state index in [9.17, 15) is 4.79 Å². The molecule has 1 aliphatic heterocycles. The Bertz CT molecular complexity index is 1110. The summed E-state index contributed by atoms with van der Waals surface area (Å²) in [4.78, 5) is 12.4. The van der Waals surface area contributed by atoms with Gasteiger partial charge in [-0.15, -0.1) is 0 Å². The van der Waals surface area contributed by atoms with Gasteiger partial charge in [-0.3, -0.25) is 0 Å². The van der Waals surface area contributed by atoms with Crippen LogP contribution in [0, 0.1) is 6.92 Å². The first-order valence-corrected chi connectivity index (χ1v) is 10.3. The van der Waals surface area contributed by atoms with E-state index in [4.69, 9.17) is 16.3 Å². The summed E-state index contributed by atoms with van der Waals surface area (Å²) < 4.78 is 5.13. The zero-order valence-electron chi connectivity index (χ0n) is 17.3. The van der Waals surface area contributed by atoms with Crippen molar-refractivity contribution in [3.8, 4) is 5.75 Å². The number of anilines is 2. The lowest BCUT2D eigenvalue weighted by Gasteiger charge is -2.29. The molecule has 1 heterocycles. The van der Waals surface area contributed by atoms with Gasteiger partial charge in [0, 0.05) is 28.4 Å². The maximum absolute atomic E-state index is 12.4. The van der Waals surface area contributed by atoms with Crippen LogP contribution in [-0.2, 0) is 0 Å². The molecular formula is C24H23ClN4O2. The number of urea groups is 1. The summed E-state index contributed by atoms with van der Waals surface area (Å²) >= 11 is 6.04. The van der Waals surface area contributed by atoms with Crippen molar-refractivity contribution in [2.24, 2.45) is 5.10 Å². The van der Waals surface area contributed by atoms with Gasteiger partial charge in [-0.1, -0.05) is 35.4 Å². The van der Waals surface area contributed by atoms with E-state index in [1.165, 1.54) is 0 Å². The number of nitrogens with zero attached hydrogens (tertiary/aromatic N) is 1. The number of amides is 2. The van der Waals surface area contributed by atoms with Crippen molar-refractivity contribution in [1.82, 2.24) is 5.43 Å². The van der Waals surface area contributed by atoms with E-state index in [1.54, 1.807) is 31.4 Å². The number of halogens is 1. The van der Waals surface area contributed by atoms with Crippen LogP contribution in [0.4, 0.5) is 16.2 Å². The number of aryl methyl sites for hydroxylation is 1. The number of hydrogen-bond acceptors (Lipinski definition) is 4. The van der Waals surface area contributed by atoms with Crippen molar-refractivity contribution in [2.75, 3.05) is 17.7 Å². The van der Waals surface area contributed by atoms with E-state index in [-0.39, 0.29) is 6.04 Å². The van der Waals surface area contributed by atoms with Crippen molar-refractivity contribution >= 4 is 34.7 Å². The average Bonchev–Trinajstić information content (AvgIpc) is 2.78. The highest BCUT2D eigenvalue weighted by Gasteiger charge is 2.24. The van der Waals surface area contributed by atoms with Gasteiger partial charge < -0.3 is 15.4 Å². The molecule has 158 valence electrons. The molecule has 3 aromatic carbocycles. The molecule has 3 aromatic rings. The van der Waals surface area contributed by atoms with Gasteiger partial charge in [0.05, 0.1) is 18.9 Å². The molecule has 1 aliphatic rings. The molecule has 1 atom stereocenters. The Balaban J connectivity index is 1.54. The van der Waals surface area contributed by atoms with E-state index >= 15 is 0 Å². The van der Waals surface area contributed by atoms with E-state index in [2.05, 4.69) is 33.3 Å². The molecule has 2 amide bonds. The maximum Gasteiger partial charge on any atom is 0.339 e. The molecule has 0 fully saturated rings. The van der Waals surface area contributed by atoms with Gasteiger partial charge >= 0.3 is 6.03 Å². The fourth-order valence-corrected chi connectivity index (χ4v) is 3.64. The van der Waals surface area contributed by atoms with Crippen LogP contribution in [0.2, 0.25) is 5.02 Å². The molecule has 6 nitrogen and oxygen atoms in total. The zero-order chi connectivity index (χ0) is 21.8. The molecule has 31 heavy (non-hydrogen) atoms. The normalized spacial score (nSPS) is 16.2. The molecule has 3 N–H and O–H groups in total. The van der Waals surface area contributed by atoms with Crippen molar-refractivity contribution < 1.29 is 9.53 Å². The molecule has 0 saturated heterocycles. The van der Waals surface area contributed by atoms with Crippen LogP contribution in [0.1, 0.15) is 29.2 Å². The number of fused-ring (bicyclic) bond motifs is 1. The highest BCUT2D eigenvalue weighted by Crippen LogP contribution is 2.34. The van der Waals surface area contributed by atoms with Gasteiger partial charge in [0.25, 0.3) is 0 Å². The van der Waals surface area contributed by atoms with Gasteiger partial charge in [0.2, 0.25) is 0 Å². The standard InChI is InChI=1S/C24H23ClN4O2/c1-15-3-12-21-20(13-15)23(14-22(27-21)16-4-6-17(25)7-5-16)28-29-24(30)26-18-8-10-19(31-2)11-9-18/h3-13,22,27H,14H2,1-2H3,(H2,26,29,30). The Labute approximate surface area is 186 Å². The fraction of sp³-hybridized carbons (Fsp3) is 0.167. The maximum atomic E-state index is 12.4. The first-order chi connectivity index (χ1) is 15.0. The summed E-state index contributed by atoms with van der Waals surface area (Å²) in [5, 5.41) is 11.5. The number of nitrogens with one attached hydrogen (secondary N) is 3. The summed E-state index contributed by atoms with van der Waals surface area (Å²) in [6.07, 6.45) is 0.626. The number of hydrogen-bond donors (Lipinski definition) is 3. The minimum absolute atomic E-state index is 0.0256. The fourth-order valence-electron chi connectivity index (χ4n) is 3.52. The first-order valence-electron chi connectivity index (χ1n) is 9.92. The predicted molar refractivity (Wildman–Crippen MR) is 125 cm³/mol. The molecule has 0 aromatic heterocycles. The van der Waals surface area contributed by atoms with Gasteiger partial charge in [0.1, 0.15) is 5.75 Å². The van der Waals surface area contributed by atoms with Gasteiger partial charge in [-0.2, -0.15) is 5.10 Å². The third-order valence-corrected chi connectivity index (χ3v) is 5.38. The van der Waals surface area contributed by atoms with Crippen LogP contribution in [0.25, 0.3) is 0 Å². The van der Waals surface area contributed by atoms with Gasteiger partial charge in [0.15, 0.2) is 0 Å². The van der Waals surface area contributed by atoms with E-state index < -0.39 is 6.03 Å². The monoisotopic (exact) mass is 434 g/mol. The molecule has 4 rings (SSSR count). The number of hydrazone groups is 1. The van der Waals surface area contributed by atoms with E-state index in [0.717, 1.165) is 33.8 Å². The highest BCUT2D eigenvalue weighted by molar-refractivity contribution is 6.30. The second kappa shape index (κ2) is 9.10. The minimum atomic E-state index is -0.409. The Morgan fingerprint density at radius 1 is 1.10 bits per heavy atom. The predicted octanol–water partition coefficient (Wildman–Crippen LogP) is 5.74. The Morgan fingerprint density at radius 2 is 1.84 bits per heavy atom. The van der Waals surface area contributed by atoms with Gasteiger partial charge in [-0.25, -0.2) is 10.2 Å². The number of carbonyl (C=O) groups is 1. The van der Waals surface area contributed by atoms with Crippen LogP contribution in [0.15, 0.2) is 71.8 Å². The smallest absolute Gasteiger partial charge is 0.339 e. The molecule has 0 radical (unpaired) electrons. The molecule has 7 heteroatoms. The zero-order valence-corrected chi connectivity index (χ0v) is 18.0.